The van der Waals surface area contributed by atoms with Crippen LogP contribution in [0.1, 0.15) is 122 Å². The molecule has 0 bridgehead atoms. The van der Waals surface area contributed by atoms with Gasteiger partial charge in [0, 0.05) is 134 Å². The number of unbranched alkanes of at least 4 members (excludes halogenated alkanes) is 2. The Hall–Kier alpha value is -10.6. The first-order chi connectivity index (χ1) is 50.8. The summed E-state index contributed by atoms with van der Waals surface area (Å²) in [4.78, 5) is 148. The van der Waals surface area contributed by atoms with E-state index < -0.39 is 54.0 Å². The topological polar surface area (TPSA) is 306 Å². The zero-order chi connectivity index (χ0) is 75.3. The van der Waals surface area contributed by atoms with Gasteiger partial charge >= 0.3 is 12.2 Å². The molecule has 10 amide bonds. The number of anilines is 3. The molecule has 0 unspecified atom stereocenters. The van der Waals surface area contributed by atoms with Gasteiger partial charge in [0.2, 0.25) is 23.6 Å². The van der Waals surface area contributed by atoms with Crippen LogP contribution in [0.25, 0.3) is 31.9 Å². The highest BCUT2D eigenvalue weighted by atomic mass is 35.5. The highest BCUT2D eigenvalue weighted by Gasteiger charge is 2.38. The maximum absolute atomic E-state index is 14.7. The van der Waals surface area contributed by atoms with E-state index in [4.69, 9.17) is 25.8 Å². The predicted octanol–water partition coefficient (Wildman–Crippen LogP) is 11.4. The molecule has 8 aromatic rings. The van der Waals surface area contributed by atoms with Gasteiger partial charge in [-0.25, -0.2) is 9.59 Å². The second-order valence-corrected chi connectivity index (χ2v) is 29.9. The third kappa shape index (κ3) is 19.5. The third-order valence-electron chi connectivity index (χ3n) is 19.0. The summed E-state index contributed by atoms with van der Waals surface area (Å²) in [6.45, 7) is 13.6. The van der Waals surface area contributed by atoms with E-state index in [1.54, 1.807) is 67.5 Å². The molecular weight excluding hydrogens is 1390 g/mol. The number of imide groups is 1. The van der Waals surface area contributed by atoms with Crippen molar-refractivity contribution in [3.8, 4) is 11.5 Å². The smallest absolute Gasteiger partial charge is 0.415 e. The number of carbonyl (C=O) groups excluding carboxylic acids is 10. The number of H-pyrrole nitrogens is 2. The minimum Gasteiger partial charge on any atom is -0.492 e. The number of aromatic amines is 2. The van der Waals surface area contributed by atoms with Gasteiger partial charge in [0.15, 0.2) is 5.75 Å². The molecule has 6 heterocycles. The molecule has 25 nitrogen and oxygen atoms in total. The normalized spacial score (nSPS) is 14.9. The molecule has 0 aliphatic carbocycles. The van der Waals surface area contributed by atoms with Crippen LogP contribution >= 0.6 is 22.9 Å². The summed E-state index contributed by atoms with van der Waals surface area (Å²) in [6, 6.07) is 30.1. The van der Waals surface area contributed by atoms with Crippen LogP contribution < -0.4 is 41.0 Å². The van der Waals surface area contributed by atoms with Crippen molar-refractivity contribution in [3.05, 3.63) is 160 Å². The first-order valence-electron chi connectivity index (χ1n) is 35.8. The Balaban J connectivity index is 0.635. The predicted molar refractivity (Wildman–Crippen MR) is 409 cm³/mol. The minimum absolute atomic E-state index is 0.0368. The van der Waals surface area contributed by atoms with Gasteiger partial charge in [0.25, 0.3) is 23.6 Å². The van der Waals surface area contributed by atoms with Crippen LogP contribution in [0.15, 0.2) is 127 Å². The molecule has 558 valence electrons. The number of hydrogen-bond donors (Lipinski definition) is 7. The number of aromatic nitrogens is 2. The zero-order valence-electron chi connectivity index (χ0n) is 60.7. The molecule has 27 heteroatoms. The number of carbonyl (C=O) groups is 10. The van der Waals surface area contributed by atoms with Gasteiger partial charge in [-0.15, -0.1) is 22.9 Å². The van der Waals surface area contributed by atoms with E-state index >= 15 is 0 Å². The fourth-order valence-corrected chi connectivity index (χ4v) is 15.1. The largest absolute Gasteiger partial charge is 0.492 e. The Kier molecular flexibility index (Phi) is 25.0. The van der Waals surface area contributed by atoms with Crippen molar-refractivity contribution < 1.29 is 62.2 Å². The summed E-state index contributed by atoms with van der Waals surface area (Å²) in [5.74, 6) is -2.43. The average molecular weight is 1480 g/mol. The molecule has 0 saturated carbocycles. The maximum Gasteiger partial charge on any atom is 0.415 e. The molecule has 106 heavy (non-hydrogen) atoms. The zero-order valence-corrected chi connectivity index (χ0v) is 62.3. The number of ether oxygens (including phenoxy) is 3. The Labute approximate surface area is 624 Å². The standard InChI is InChI=1S/C79H91ClN12O13S/c1-48(2)34-60(87-75(99)61(35-50-16-10-8-11-17-50)86-66(93)18-12-9-13-31-91-68(95)27-28-69(91)96)73(97)81-42-67(94)82-55-21-19-51(20-22-55)44-104-77(101)88(6)46-79(4,5)47-89(7)78(102)105-65-40-64-71(70-49(3)45-106-72(65)70)54(41-80)43-92(64)76(100)63-39-52-36-56(23-25-58(52)85-63)83-74(98)62-38-53-37-57(24-26-59(53)84-62)103-33-32-90-29-14-15-30-90/h8,10-11,16-17,19-28,36-40,45,48,54,60-61,84-85H,9,12-15,18,29-35,41-44,46-47H2,1-7H3,(H,81,97)(H,82,94)(H,83,98)(H,86,93)(H,87,99)/t54-,60+,61+/m1/s1. The van der Waals surface area contributed by atoms with E-state index in [1.807, 2.05) is 101 Å². The number of nitrogens with zero attached hydrogens (tertiary/aromatic N) is 5. The van der Waals surface area contributed by atoms with Crippen molar-refractivity contribution in [1.29, 1.82) is 0 Å². The van der Waals surface area contributed by atoms with Crippen LogP contribution in [0.5, 0.6) is 11.5 Å². The van der Waals surface area contributed by atoms with Gasteiger partial charge in [-0.1, -0.05) is 76.6 Å². The van der Waals surface area contributed by atoms with Crippen molar-refractivity contribution in [2.24, 2.45) is 11.3 Å². The van der Waals surface area contributed by atoms with Gasteiger partial charge in [-0.05, 0) is 146 Å². The third-order valence-corrected chi connectivity index (χ3v) is 20.5. The molecule has 3 aliphatic rings. The molecule has 11 rings (SSSR count). The van der Waals surface area contributed by atoms with E-state index in [2.05, 4.69) is 41.5 Å². The van der Waals surface area contributed by atoms with Crippen LogP contribution in [0, 0.1) is 18.3 Å². The lowest BCUT2D eigenvalue weighted by Crippen LogP contribution is -2.55. The number of amides is 10. The molecular formula is C79H91ClN12O13S. The number of aryl methyl sites for hydroxylation is 1. The Bertz CT molecular complexity index is 4600. The number of rotatable bonds is 32. The van der Waals surface area contributed by atoms with Gasteiger partial charge in [0.1, 0.15) is 42.4 Å². The SMILES string of the molecule is Cc1csc2c(OC(=O)N(C)CC(C)(C)CN(C)C(=O)OCc3ccc(NC(=O)CNC(=O)[C@H](CC(C)C)NC(=O)[C@H](Cc4ccccc4)NC(=O)CCCCCN4C(=O)C=CC4=O)cc3)cc3c(c12)[C@H](CCl)CN3C(=O)c1cc2cc(NC(=O)c3cc4cc(OCCN5CCCC5)ccc4[nH]3)ccc2[nH]1. The van der Waals surface area contributed by atoms with Gasteiger partial charge in [-0.3, -0.25) is 48.2 Å². The first-order valence-corrected chi connectivity index (χ1v) is 37.3. The van der Waals surface area contributed by atoms with E-state index in [1.165, 1.54) is 46.1 Å². The number of hydrogen-bond acceptors (Lipinski definition) is 15. The van der Waals surface area contributed by atoms with Crippen molar-refractivity contribution in [1.82, 2.24) is 45.5 Å². The van der Waals surface area contributed by atoms with Crippen molar-refractivity contribution in [3.63, 3.8) is 0 Å². The lowest BCUT2D eigenvalue weighted by atomic mass is 9.92. The summed E-state index contributed by atoms with van der Waals surface area (Å²) < 4.78 is 18.7. The van der Waals surface area contributed by atoms with Crippen molar-refractivity contribution >= 4 is 131 Å². The Morgan fingerprint density at radius 3 is 2.11 bits per heavy atom. The summed E-state index contributed by atoms with van der Waals surface area (Å²) >= 11 is 8.12. The summed E-state index contributed by atoms with van der Waals surface area (Å²) in [6.07, 6.45) is 5.68. The van der Waals surface area contributed by atoms with E-state index in [9.17, 15) is 47.9 Å². The van der Waals surface area contributed by atoms with Crippen LogP contribution in [0.2, 0.25) is 0 Å². The number of alkyl halides is 1. The van der Waals surface area contributed by atoms with E-state index in [0.29, 0.717) is 70.8 Å². The highest BCUT2D eigenvalue weighted by molar-refractivity contribution is 7.17. The second kappa shape index (κ2) is 34.6. The summed E-state index contributed by atoms with van der Waals surface area (Å²) in [7, 11) is 3.22. The fraction of sp³-hybridized carbons (Fsp3) is 0.392. The molecule has 1 fully saturated rings. The fourth-order valence-electron chi connectivity index (χ4n) is 13.8. The highest BCUT2D eigenvalue weighted by Crippen LogP contribution is 2.49. The van der Waals surface area contributed by atoms with Crippen LogP contribution in [0.4, 0.5) is 26.7 Å². The molecule has 0 spiro atoms. The van der Waals surface area contributed by atoms with Crippen LogP contribution in [0.3, 0.4) is 0 Å². The maximum atomic E-state index is 14.7. The monoisotopic (exact) mass is 1480 g/mol. The van der Waals surface area contributed by atoms with Crippen molar-refractivity contribution in [2.75, 3.05) is 94.5 Å². The van der Waals surface area contributed by atoms with E-state index in [-0.39, 0.29) is 105 Å². The molecule has 3 aromatic heterocycles. The number of fused-ring (bicyclic) bond motifs is 5. The van der Waals surface area contributed by atoms with Crippen LogP contribution in [-0.4, -0.2) is 180 Å². The number of thiophene rings is 1. The van der Waals surface area contributed by atoms with Gasteiger partial charge in [0.05, 0.1) is 16.9 Å². The number of halogens is 1. The quantitative estimate of drug-likeness (QED) is 0.0117. The summed E-state index contributed by atoms with van der Waals surface area (Å²) in [5.41, 5.74) is 6.31. The Morgan fingerprint density at radius 2 is 1.40 bits per heavy atom. The van der Waals surface area contributed by atoms with Crippen LogP contribution in [-0.2, 0) is 46.5 Å². The van der Waals surface area contributed by atoms with Crippen molar-refractivity contribution in [2.45, 2.75) is 111 Å². The number of nitrogens with one attached hydrogen (secondary N) is 7. The number of benzene rings is 5. The molecule has 7 N–H and O–H groups in total. The van der Waals surface area contributed by atoms with Gasteiger partial charge in [-0.2, -0.15) is 0 Å². The Morgan fingerprint density at radius 1 is 0.717 bits per heavy atom. The second-order valence-electron chi connectivity index (χ2n) is 28.7. The van der Waals surface area contributed by atoms with E-state index in [0.717, 1.165) is 68.0 Å². The van der Waals surface area contributed by atoms with Gasteiger partial charge < -0.3 is 65.5 Å². The first kappa shape index (κ1) is 76.6. The molecule has 3 aliphatic heterocycles. The summed E-state index contributed by atoms with van der Waals surface area (Å²) in [5, 5.41) is 18.4. The molecule has 0 radical (unpaired) electrons. The lowest BCUT2D eigenvalue weighted by molar-refractivity contribution is -0.137. The minimum atomic E-state index is -1.03. The molecule has 1 saturated heterocycles. The number of likely N-dealkylation sites (tertiary alicyclic amines) is 1. The molecule has 5 aromatic carbocycles. The molecule has 3 atom stereocenters. The lowest BCUT2D eigenvalue weighted by Gasteiger charge is -2.33. The average Bonchev–Trinajstić information content (AvgIpc) is 1.60.